The monoisotopic (exact) mass is 348 g/mol. The third-order valence-corrected chi connectivity index (χ3v) is 4.66. The van der Waals surface area contributed by atoms with E-state index in [0.717, 1.165) is 28.6 Å². The number of carbonyl (C=O) groups is 1. The zero-order chi connectivity index (χ0) is 18.5. The van der Waals surface area contributed by atoms with E-state index >= 15 is 0 Å². The molecule has 0 spiro atoms. The second kappa shape index (κ2) is 8.00. The molecule has 1 heterocycles. The van der Waals surface area contributed by atoms with E-state index in [1.807, 2.05) is 59.2 Å². The Bertz CT molecular complexity index is 975. The molecule has 0 radical (unpaired) electrons. The number of aromatic nitrogens is 1. The van der Waals surface area contributed by atoms with Gasteiger partial charge in [0, 0.05) is 25.4 Å². The first-order chi connectivity index (χ1) is 12.7. The molecule has 0 fully saturated rings. The minimum atomic E-state index is 0.00124. The smallest absolute Gasteiger partial charge is 0.258 e. The predicted octanol–water partition coefficient (Wildman–Crippen LogP) is 3.76. The van der Waals surface area contributed by atoms with Gasteiger partial charge in [-0.25, -0.2) is 0 Å². The van der Waals surface area contributed by atoms with Gasteiger partial charge < -0.3 is 9.88 Å². The van der Waals surface area contributed by atoms with E-state index < -0.39 is 0 Å². The van der Waals surface area contributed by atoms with Gasteiger partial charge >= 0.3 is 0 Å². The standard InChI is InChI=1S/C22H24N2O2/c1-3-15-24-21(16-9-5-4-6-10-16)18(13-14-20(25)23-2)17-11-7-8-12-19(17)22(24)26/h4-12H,3,13-15H2,1-2H3,(H,23,25). The molecule has 0 saturated heterocycles. The lowest BCUT2D eigenvalue weighted by Gasteiger charge is -2.20. The van der Waals surface area contributed by atoms with Crippen LogP contribution in [-0.2, 0) is 17.8 Å². The number of hydrogen-bond donors (Lipinski definition) is 1. The Balaban J connectivity index is 2.33. The van der Waals surface area contributed by atoms with Gasteiger partial charge in [0.15, 0.2) is 0 Å². The molecule has 4 nitrogen and oxygen atoms in total. The van der Waals surface area contributed by atoms with Gasteiger partial charge in [-0.05, 0) is 35.4 Å². The number of nitrogens with zero attached hydrogens (tertiary/aromatic N) is 1. The lowest BCUT2D eigenvalue weighted by Crippen LogP contribution is -2.25. The van der Waals surface area contributed by atoms with Crippen LogP contribution in [0.1, 0.15) is 25.3 Å². The number of amides is 1. The Morgan fingerprint density at radius 2 is 1.65 bits per heavy atom. The van der Waals surface area contributed by atoms with Crippen molar-refractivity contribution in [2.45, 2.75) is 32.7 Å². The van der Waals surface area contributed by atoms with E-state index in [1.54, 1.807) is 7.05 Å². The molecule has 1 aromatic heterocycles. The first-order valence-electron chi connectivity index (χ1n) is 9.07. The number of fused-ring (bicyclic) bond motifs is 1. The molecule has 4 heteroatoms. The number of nitrogens with one attached hydrogen (secondary N) is 1. The molecule has 134 valence electrons. The van der Waals surface area contributed by atoms with Crippen LogP contribution in [0.2, 0.25) is 0 Å². The Labute approximate surface area is 153 Å². The van der Waals surface area contributed by atoms with Crippen molar-refractivity contribution in [1.82, 2.24) is 9.88 Å². The summed E-state index contributed by atoms with van der Waals surface area (Å²) in [6, 6.07) is 17.7. The number of carbonyl (C=O) groups excluding carboxylic acids is 1. The van der Waals surface area contributed by atoms with Crippen molar-refractivity contribution in [2.24, 2.45) is 0 Å². The van der Waals surface area contributed by atoms with Gasteiger partial charge in [-0.15, -0.1) is 0 Å². The Hall–Kier alpha value is -2.88. The summed E-state index contributed by atoms with van der Waals surface area (Å²) in [5.41, 5.74) is 3.03. The maximum absolute atomic E-state index is 13.1. The molecule has 1 N–H and O–H groups in total. The Morgan fingerprint density at radius 3 is 2.31 bits per heavy atom. The molecule has 3 aromatic rings. The van der Waals surface area contributed by atoms with Crippen molar-refractivity contribution in [3.8, 4) is 11.3 Å². The summed E-state index contributed by atoms with van der Waals surface area (Å²) >= 11 is 0. The van der Waals surface area contributed by atoms with E-state index in [4.69, 9.17) is 0 Å². The maximum atomic E-state index is 13.1. The predicted molar refractivity (Wildman–Crippen MR) is 106 cm³/mol. The lowest BCUT2D eigenvalue weighted by molar-refractivity contribution is -0.120. The third kappa shape index (κ3) is 3.40. The van der Waals surface area contributed by atoms with Crippen LogP contribution in [0, 0.1) is 0 Å². The highest BCUT2D eigenvalue weighted by molar-refractivity contribution is 5.90. The zero-order valence-corrected chi connectivity index (χ0v) is 15.3. The number of pyridine rings is 1. The maximum Gasteiger partial charge on any atom is 0.258 e. The molecule has 0 aliphatic carbocycles. The first kappa shape index (κ1) is 17.9. The van der Waals surface area contributed by atoms with Crippen LogP contribution in [0.5, 0.6) is 0 Å². The van der Waals surface area contributed by atoms with Crippen molar-refractivity contribution < 1.29 is 4.79 Å². The molecule has 0 unspecified atom stereocenters. The fraction of sp³-hybridized carbons (Fsp3) is 0.273. The van der Waals surface area contributed by atoms with E-state index in [-0.39, 0.29) is 11.5 Å². The van der Waals surface area contributed by atoms with Crippen molar-refractivity contribution in [2.75, 3.05) is 7.05 Å². The number of rotatable bonds is 6. The molecule has 3 rings (SSSR count). The third-order valence-electron chi connectivity index (χ3n) is 4.66. The van der Waals surface area contributed by atoms with Crippen LogP contribution < -0.4 is 10.9 Å². The van der Waals surface area contributed by atoms with Crippen LogP contribution in [0.25, 0.3) is 22.0 Å². The van der Waals surface area contributed by atoms with E-state index in [2.05, 4.69) is 12.2 Å². The van der Waals surface area contributed by atoms with Crippen LogP contribution in [0.15, 0.2) is 59.4 Å². The van der Waals surface area contributed by atoms with Crippen molar-refractivity contribution in [3.05, 3.63) is 70.5 Å². The average Bonchev–Trinajstić information content (AvgIpc) is 2.69. The van der Waals surface area contributed by atoms with Crippen molar-refractivity contribution in [1.29, 1.82) is 0 Å². The summed E-state index contributed by atoms with van der Waals surface area (Å²) in [7, 11) is 1.65. The molecule has 0 aliphatic rings. The van der Waals surface area contributed by atoms with Crippen LogP contribution in [0.3, 0.4) is 0 Å². The average molecular weight is 348 g/mol. The Morgan fingerprint density at radius 1 is 1.00 bits per heavy atom. The Kier molecular flexibility index (Phi) is 5.52. The fourth-order valence-corrected chi connectivity index (χ4v) is 3.45. The minimum absolute atomic E-state index is 0.00124. The van der Waals surface area contributed by atoms with Crippen LogP contribution >= 0.6 is 0 Å². The fourth-order valence-electron chi connectivity index (χ4n) is 3.45. The molecular weight excluding hydrogens is 324 g/mol. The van der Waals surface area contributed by atoms with Gasteiger partial charge in [0.05, 0.1) is 5.69 Å². The summed E-state index contributed by atoms with van der Waals surface area (Å²) in [5, 5.41) is 4.34. The highest BCUT2D eigenvalue weighted by atomic mass is 16.1. The summed E-state index contributed by atoms with van der Waals surface area (Å²) < 4.78 is 1.87. The topological polar surface area (TPSA) is 51.1 Å². The summed E-state index contributed by atoms with van der Waals surface area (Å²) in [6.07, 6.45) is 1.85. The van der Waals surface area contributed by atoms with Gasteiger partial charge in [-0.2, -0.15) is 0 Å². The SMILES string of the molecule is CCCn1c(-c2ccccc2)c(CCC(=O)NC)c2ccccc2c1=O. The van der Waals surface area contributed by atoms with Gasteiger partial charge in [0.25, 0.3) is 5.56 Å². The quantitative estimate of drug-likeness (QED) is 0.737. The highest BCUT2D eigenvalue weighted by Gasteiger charge is 2.18. The molecule has 1 amide bonds. The number of benzene rings is 2. The summed E-state index contributed by atoms with van der Waals surface area (Å²) in [5.74, 6) is 0.00124. The molecular formula is C22H24N2O2. The van der Waals surface area contributed by atoms with E-state index in [0.29, 0.717) is 24.8 Å². The number of hydrogen-bond acceptors (Lipinski definition) is 2. The minimum Gasteiger partial charge on any atom is -0.359 e. The van der Waals surface area contributed by atoms with Crippen LogP contribution in [0.4, 0.5) is 0 Å². The first-order valence-corrected chi connectivity index (χ1v) is 9.07. The molecule has 0 bridgehead atoms. The second-order valence-corrected chi connectivity index (χ2v) is 6.37. The molecule has 26 heavy (non-hydrogen) atoms. The largest absolute Gasteiger partial charge is 0.359 e. The van der Waals surface area contributed by atoms with E-state index in [9.17, 15) is 9.59 Å². The van der Waals surface area contributed by atoms with E-state index in [1.165, 1.54) is 0 Å². The van der Waals surface area contributed by atoms with Crippen LogP contribution in [-0.4, -0.2) is 17.5 Å². The second-order valence-electron chi connectivity index (χ2n) is 6.37. The molecule has 0 aliphatic heterocycles. The lowest BCUT2D eigenvalue weighted by atomic mass is 9.95. The van der Waals surface area contributed by atoms with Gasteiger partial charge in [-0.3, -0.25) is 9.59 Å². The van der Waals surface area contributed by atoms with Gasteiger partial charge in [0.1, 0.15) is 0 Å². The van der Waals surface area contributed by atoms with Gasteiger partial charge in [0.2, 0.25) is 5.91 Å². The zero-order valence-electron chi connectivity index (χ0n) is 15.3. The van der Waals surface area contributed by atoms with Gasteiger partial charge in [-0.1, -0.05) is 55.5 Å². The summed E-state index contributed by atoms with van der Waals surface area (Å²) in [4.78, 5) is 25.0. The number of aryl methyl sites for hydroxylation is 1. The molecule has 0 atom stereocenters. The van der Waals surface area contributed by atoms with Crippen molar-refractivity contribution in [3.63, 3.8) is 0 Å². The van der Waals surface area contributed by atoms with Crippen molar-refractivity contribution >= 4 is 16.7 Å². The summed E-state index contributed by atoms with van der Waals surface area (Å²) in [6.45, 7) is 2.72. The molecule has 2 aromatic carbocycles. The molecule has 0 saturated carbocycles. The normalized spacial score (nSPS) is 10.8. The highest BCUT2D eigenvalue weighted by Crippen LogP contribution is 2.29.